The maximum atomic E-state index is 12.1. The van der Waals surface area contributed by atoms with Crippen molar-refractivity contribution in [3.63, 3.8) is 0 Å². The van der Waals surface area contributed by atoms with Crippen LogP contribution in [0.3, 0.4) is 0 Å². The third-order valence-electron chi connectivity index (χ3n) is 3.69. The van der Waals surface area contributed by atoms with Crippen molar-refractivity contribution < 1.29 is 28.1 Å². The molecule has 3 aromatic rings. The number of para-hydroxylation sites is 1. The summed E-state index contributed by atoms with van der Waals surface area (Å²) in [6, 6.07) is 13.9. The zero-order valence-corrected chi connectivity index (χ0v) is 17.4. The van der Waals surface area contributed by atoms with Crippen molar-refractivity contribution in [3.8, 4) is 5.75 Å². The molecule has 0 fully saturated rings. The minimum atomic E-state index is -0.608. The molecular formula is C20H20N4O6S. The lowest BCUT2D eigenvalue weighted by Crippen LogP contribution is -2.42. The van der Waals surface area contributed by atoms with E-state index < -0.39 is 11.8 Å². The van der Waals surface area contributed by atoms with Gasteiger partial charge in [0.15, 0.2) is 11.6 Å². The predicted molar refractivity (Wildman–Crippen MR) is 112 cm³/mol. The smallest absolute Gasteiger partial charge is 0.305 e. The Morgan fingerprint density at radius 3 is 2.55 bits per heavy atom. The van der Waals surface area contributed by atoms with Gasteiger partial charge in [-0.1, -0.05) is 23.4 Å². The largest absolute Gasteiger partial charge is 0.486 e. The van der Waals surface area contributed by atoms with Gasteiger partial charge in [0, 0.05) is 6.07 Å². The molecule has 3 rings (SSSR count). The maximum Gasteiger partial charge on any atom is 0.305 e. The van der Waals surface area contributed by atoms with Crippen LogP contribution in [-0.2, 0) is 16.2 Å². The van der Waals surface area contributed by atoms with Gasteiger partial charge < -0.3 is 19.0 Å². The second-order valence-electron chi connectivity index (χ2n) is 6.23. The summed E-state index contributed by atoms with van der Waals surface area (Å²) in [5.74, 6) is 0.667. The van der Waals surface area contributed by atoms with Gasteiger partial charge in [0.2, 0.25) is 11.8 Å². The highest BCUT2D eigenvalue weighted by atomic mass is 32.2. The van der Waals surface area contributed by atoms with Gasteiger partial charge in [-0.15, -0.1) is 11.8 Å². The Morgan fingerprint density at radius 1 is 1.03 bits per heavy atom. The van der Waals surface area contributed by atoms with Crippen molar-refractivity contribution in [2.75, 3.05) is 16.8 Å². The van der Waals surface area contributed by atoms with E-state index in [1.54, 1.807) is 19.1 Å². The molecule has 1 aromatic carbocycles. The van der Waals surface area contributed by atoms with Gasteiger partial charge in [-0.05, 0) is 31.2 Å². The Kier molecular flexibility index (Phi) is 7.71. The third kappa shape index (κ3) is 7.23. The number of nitrogens with zero attached hydrogens (tertiary/aromatic N) is 1. The highest BCUT2D eigenvalue weighted by Crippen LogP contribution is 2.14. The molecule has 10 nitrogen and oxygen atoms in total. The first kappa shape index (κ1) is 22.0. The van der Waals surface area contributed by atoms with Gasteiger partial charge in [-0.3, -0.25) is 25.2 Å². The van der Waals surface area contributed by atoms with Crippen molar-refractivity contribution in [1.82, 2.24) is 16.0 Å². The Morgan fingerprint density at radius 2 is 1.81 bits per heavy atom. The number of furan rings is 1. The quantitative estimate of drug-likeness (QED) is 0.428. The average molecular weight is 444 g/mol. The van der Waals surface area contributed by atoms with Gasteiger partial charge in [-0.25, -0.2) is 0 Å². The van der Waals surface area contributed by atoms with Gasteiger partial charge in [0.1, 0.15) is 23.9 Å². The summed E-state index contributed by atoms with van der Waals surface area (Å²) >= 11 is 1.08. The fourth-order valence-electron chi connectivity index (χ4n) is 2.31. The van der Waals surface area contributed by atoms with Crippen molar-refractivity contribution in [2.45, 2.75) is 13.5 Å². The minimum absolute atomic E-state index is 0.0279. The lowest BCUT2D eigenvalue weighted by atomic mass is 10.3. The summed E-state index contributed by atoms with van der Waals surface area (Å²) < 4.78 is 15.8. The van der Waals surface area contributed by atoms with Crippen LogP contribution in [0, 0.1) is 6.92 Å². The maximum absolute atomic E-state index is 12.1. The molecule has 0 saturated carbocycles. The number of carbonyl (C=O) groups excluding carboxylic acids is 3. The number of hydrazine groups is 1. The second-order valence-corrected chi connectivity index (χ2v) is 7.22. The average Bonchev–Trinajstić information content (AvgIpc) is 3.40. The molecular weight excluding hydrogens is 424 g/mol. The molecule has 0 aliphatic heterocycles. The fraction of sp³-hybridized carbons (Fsp3) is 0.200. The zero-order chi connectivity index (χ0) is 22.1. The lowest BCUT2D eigenvalue weighted by molar-refractivity contribution is -0.119. The number of aromatic nitrogens is 1. The molecule has 2 heterocycles. The van der Waals surface area contributed by atoms with Crippen molar-refractivity contribution in [2.24, 2.45) is 0 Å². The van der Waals surface area contributed by atoms with E-state index in [1.807, 2.05) is 30.3 Å². The molecule has 0 spiro atoms. The van der Waals surface area contributed by atoms with Crippen LogP contribution in [0.25, 0.3) is 0 Å². The Labute approximate surface area is 181 Å². The SMILES string of the molecule is Cc1cc(NC(=O)CSCC(=O)NNC(=O)c2ccc(COc3ccccc3)o2)no1. The summed E-state index contributed by atoms with van der Waals surface area (Å²) in [4.78, 5) is 35.7. The number of anilines is 1. The first-order valence-electron chi connectivity index (χ1n) is 9.16. The molecule has 0 atom stereocenters. The molecule has 31 heavy (non-hydrogen) atoms. The van der Waals surface area contributed by atoms with E-state index in [1.165, 1.54) is 6.07 Å². The molecule has 11 heteroatoms. The number of thioether (sulfide) groups is 1. The summed E-state index contributed by atoms with van der Waals surface area (Å²) in [5.41, 5.74) is 4.52. The van der Waals surface area contributed by atoms with Crippen LogP contribution in [-0.4, -0.2) is 34.4 Å². The van der Waals surface area contributed by atoms with E-state index in [0.717, 1.165) is 11.8 Å². The number of aryl methyl sites for hydroxylation is 1. The molecule has 3 amide bonds. The Balaban J connectivity index is 1.33. The van der Waals surface area contributed by atoms with Crippen LogP contribution in [0.15, 0.2) is 57.5 Å². The third-order valence-corrected chi connectivity index (χ3v) is 4.62. The molecule has 3 N–H and O–H groups in total. The number of ether oxygens (including phenoxy) is 1. The molecule has 0 aliphatic carbocycles. The Bertz CT molecular complexity index is 1030. The number of benzene rings is 1. The minimum Gasteiger partial charge on any atom is -0.486 e. The zero-order valence-electron chi connectivity index (χ0n) is 16.5. The van der Waals surface area contributed by atoms with Crippen molar-refractivity contribution >= 4 is 35.3 Å². The predicted octanol–water partition coefficient (Wildman–Crippen LogP) is 2.29. The number of carbonyl (C=O) groups is 3. The van der Waals surface area contributed by atoms with Crippen LogP contribution in [0.1, 0.15) is 22.1 Å². The summed E-state index contributed by atoms with van der Waals surface area (Å²) in [7, 11) is 0. The van der Waals surface area contributed by atoms with Crippen LogP contribution in [0.2, 0.25) is 0 Å². The fourth-order valence-corrected chi connectivity index (χ4v) is 2.93. The lowest BCUT2D eigenvalue weighted by Gasteiger charge is -2.06. The van der Waals surface area contributed by atoms with E-state index in [2.05, 4.69) is 21.3 Å². The van der Waals surface area contributed by atoms with E-state index in [0.29, 0.717) is 23.1 Å². The first-order valence-corrected chi connectivity index (χ1v) is 10.3. The van der Waals surface area contributed by atoms with Crippen LogP contribution in [0.5, 0.6) is 5.75 Å². The van der Waals surface area contributed by atoms with Gasteiger partial charge in [-0.2, -0.15) is 0 Å². The number of hydrogen-bond acceptors (Lipinski definition) is 8. The topological polar surface area (TPSA) is 136 Å². The normalized spacial score (nSPS) is 10.4. The molecule has 2 aromatic heterocycles. The highest BCUT2D eigenvalue weighted by Gasteiger charge is 2.13. The number of rotatable bonds is 9. The van der Waals surface area contributed by atoms with Crippen LogP contribution in [0.4, 0.5) is 5.82 Å². The van der Waals surface area contributed by atoms with Crippen molar-refractivity contribution in [1.29, 1.82) is 0 Å². The summed E-state index contributed by atoms with van der Waals surface area (Å²) in [6.45, 7) is 1.87. The summed E-state index contributed by atoms with van der Waals surface area (Å²) in [6.07, 6.45) is 0. The number of hydrogen-bond donors (Lipinski definition) is 3. The second kappa shape index (κ2) is 10.9. The van der Waals surface area contributed by atoms with E-state index in [4.69, 9.17) is 13.7 Å². The highest BCUT2D eigenvalue weighted by molar-refractivity contribution is 8.00. The molecule has 0 saturated heterocycles. The van der Waals surface area contributed by atoms with E-state index >= 15 is 0 Å². The van der Waals surface area contributed by atoms with Gasteiger partial charge >= 0.3 is 5.91 Å². The van der Waals surface area contributed by atoms with E-state index in [-0.39, 0.29) is 29.8 Å². The monoisotopic (exact) mass is 444 g/mol. The molecule has 0 aliphatic rings. The van der Waals surface area contributed by atoms with Gasteiger partial charge in [0.05, 0.1) is 11.5 Å². The Hall–Kier alpha value is -3.73. The standard InChI is InChI=1S/C20H20N4O6S/c1-13-9-17(24-30-13)21-18(25)11-31-12-19(26)22-23-20(27)16-8-7-15(29-16)10-28-14-5-3-2-4-6-14/h2-9H,10-12H2,1H3,(H,22,26)(H,23,27)(H,21,24,25). The number of nitrogens with one attached hydrogen (secondary N) is 3. The van der Waals surface area contributed by atoms with Crippen LogP contribution >= 0.6 is 11.8 Å². The van der Waals surface area contributed by atoms with Crippen molar-refractivity contribution in [3.05, 3.63) is 65.8 Å². The first-order chi connectivity index (χ1) is 15.0. The molecule has 0 radical (unpaired) electrons. The van der Waals surface area contributed by atoms with E-state index in [9.17, 15) is 14.4 Å². The van der Waals surface area contributed by atoms with Crippen LogP contribution < -0.4 is 20.9 Å². The van der Waals surface area contributed by atoms with Gasteiger partial charge in [0.25, 0.3) is 0 Å². The summed E-state index contributed by atoms with van der Waals surface area (Å²) in [5, 5.41) is 6.19. The molecule has 162 valence electrons. The number of amides is 3. The molecule has 0 unspecified atom stereocenters. The molecule has 0 bridgehead atoms.